The van der Waals surface area contributed by atoms with Gasteiger partial charge in [0.2, 0.25) is 0 Å². The summed E-state index contributed by atoms with van der Waals surface area (Å²) in [6, 6.07) is 9.36. The van der Waals surface area contributed by atoms with Crippen LogP contribution in [-0.4, -0.2) is 30.3 Å². The highest BCUT2D eigenvalue weighted by atomic mass is 79.9. The normalized spacial score (nSPS) is 11.1. The molecule has 1 aromatic carbocycles. The summed E-state index contributed by atoms with van der Waals surface area (Å²) < 4.78 is 3.96. The van der Waals surface area contributed by atoms with E-state index >= 15 is 0 Å². The Labute approximate surface area is 174 Å². The van der Waals surface area contributed by atoms with Crippen LogP contribution >= 0.6 is 27.5 Å². The van der Waals surface area contributed by atoms with E-state index in [1.165, 1.54) is 0 Å². The number of halogens is 2. The molecule has 0 saturated carbocycles. The highest BCUT2D eigenvalue weighted by Gasteiger charge is 2.21. The van der Waals surface area contributed by atoms with Gasteiger partial charge in [0.05, 0.1) is 28.1 Å². The molecule has 0 radical (unpaired) electrons. The van der Waals surface area contributed by atoms with Crippen LogP contribution in [0.4, 0.5) is 5.69 Å². The van der Waals surface area contributed by atoms with Crippen molar-refractivity contribution in [1.29, 1.82) is 0 Å². The standard InChI is InChI=1S/C19H16BrClN6O/c1-11-16(12(2)27(24-11)10-13-4-6-14(21)7-5-13)23-19(28)17-15(20)18-22-8-3-9-26(18)25-17/h3-9H,10H2,1-2H3,(H,23,28). The number of benzene rings is 1. The van der Waals surface area contributed by atoms with Crippen LogP contribution in [-0.2, 0) is 6.54 Å². The zero-order valence-electron chi connectivity index (χ0n) is 15.1. The van der Waals surface area contributed by atoms with Gasteiger partial charge in [-0.25, -0.2) is 9.50 Å². The van der Waals surface area contributed by atoms with Crippen molar-refractivity contribution < 1.29 is 4.79 Å². The zero-order valence-corrected chi connectivity index (χ0v) is 17.5. The van der Waals surface area contributed by atoms with Crippen molar-refractivity contribution in [3.8, 4) is 0 Å². The predicted octanol–water partition coefficient (Wildman–Crippen LogP) is 4.26. The minimum absolute atomic E-state index is 0.267. The Hall–Kier alpha value is -2.71. The Bertz CT molecular complexity index is 1180. The van der Waals surface area contributed by atoms with E-state index in [0.29, 0.717) is 27.4 Å². The van der Waals surface area contributed by atoms with E-state index in [1.54, 1.807) is 23.0 Å². The van der Waals surface area contributed by atoms with E-state index in [1.807, 2.05) is 42.8 Å². The van der Waals surface area contributed by atoms with Gasteiger partial charge in [-0.1, -0.05) is 23.7 Å². The Kier molecular flexibility index (Phi) is 4.91. The van der Waals surface area contributed by atoms with Crippen LogP contribution in [0.25, 0.3) is 5.65 Å². The molecule has 0 aliphatic rings. The third-order valence-corrected chi connectivity index (χ3v) is 5.40. The lowest BCUT2D eigenvalue weighted by Crippen LogP contribution is -2.14. The summed E-state index contributed by atoms with van der Waals surface area (Å²) in [5.74, 6) is -0.324. The molecule has 1 N–H and O–H groups in total. The van der Waals surface area contributed by atoms with E-state index in [-0.39, 0.29) is 11.6 Å². The van der Waals surface area contributed by atoms with Crippen molar-refractivity contribution in [2.24, 2.45) is 0 Å². The first kappa shape index (κ1) is 18.6. The number of aryl methyl sites for hydroxylation is 1. The molecule has 0 spiro atoms. The lowest BCUT2D eigenvalue weighted by molar-refractivity contribution is 0.102. The Morgan fingerprint density at radius 3 is 2.68 bits per heavy atom. The van der Waals surface area contributed by atoms with Crippen LogP contribution in [0, 0.1) is 13.8 Å². The summed E-state index contributed by atoms with van der Waals surface area (Å²) in [5.41, 5.74) is 4.19. The second kappa shape index (κ2) is 7.37. The van der Waals surface area contributed by atoms with E-state index in [2.05, 4.69) is 36.4 Å². The van der Waals surface area contributed by atoms with Crippen LogP contribution in [0.2, 0.25) is 5.02 Å². The number of aromatic nitrogens is 5. The van der Waals surface area contributed by atoms with Gasteiger partial charge in [0.1, 0.15) is 0 Å². The first-order chi connectivity index (χ1) is 13.4. The van der Waals surface area contributed by atoms with Crippen molar-refractivity contribution in [2.45, 2.75) is 20.4 Å². The number of carbonyl (C=O) groups is 1. The number of amides is 1. The molecule has 7 nitrogen and oxygen atoms in total. The van der Waals surface area contributed by atoms with Crippen LogP contribution in [0.15, 0.2) is 47.2 Å². The van der Waals surface area contributed by atoms with E-state index in [4.69, 9.17) is 11.6 Å². The smallest absolute Gasteiger partial charge is 0.277 e. The molecule has 0 atom stereocenters. The second-order valence-corrected chi connectivity index (χ2v) is 7.56. The van der Waals surface area contributed by atoms with E-state index in [9.17, 15) is 4.79 Å². The van der Waals surface area contributed by atoms with Crippen molar-refractivity contribution >= 4 is 44.8 Å². The molecule has 28 heavy (non-hydrogen) atoms. The summed E-state index contributed by atoms with van der Waals surface area (Å²) >= 11 is 9.37. The van der Waals surface area contributed by atoms with E-state index in [0.717, 1.165) is 17.0 Å². The average Bonchev–Trinajstić information content (AvgIpc) is 3.15. The fourth-order valence-electron chi connectivity index (χ4n) is 2.97. The molecule has 4 rings (SSSR count). The molecule has 4 aromatic rings. The van der Waals surface area contributed by atoms with Crippen molar-refractivity contribution in [2.75, 3.05) is 5.32 Å². The number of hydrogen-bond donors (Lipinski definition) is 1. The SMILES string of the molecule is Cc1nn(Cc2ccc(Cl)cc2)c(C)c1NC(=O)c1nn2cccnc2c1Br. The Balaban J connectivity index is 1.60. The maximum atomic E-state index is 12.8. The molecule has 0 fully saturated rings. The number of hydrogen-bond acceptors (Lipinski definition) is 4. The Morgan fingerprint density at radius 2 is 1.96 bits per heavy atom. The van der Waals surface area contributed by atoms with Crippen molar-refractivity contribution in [3.05, 3.63) is 74.9 Å². The molecule has 9 heteroatoms. The highest BCUT2D eigenvalue weighted by Crippen LogP contribution is 2.25. The number of nitrogens with one attached hydrogen (secondary N) is 1. The molecule has 3 aromatic heterocycles. The van der Waals surface area contributed by atoms with Crippen LogP contribution in [0.1, 0.15) is 27.4 Å². The lowest BCUT2D eigenvalue weighted by atomic mass is 10.2. The average molecular weight is 460 g/mol. The molecule has 0 bridgehead atoms. The molecule has 3 heterocycles. The molecule has 0 saturated heterocycles. The zero-order chi connectivity index (χ0) is 19.8. The van der Waals surface area contributed by atoms with Crippen LogP contribution in [0.3, 0.4) is 0 Å². The topological polar surface area (TPSA) is 77.1 Å². The summed E-state index contributed by atoms with van der Waals surface area (Å²) in [5, 5.41) is 12.5. The number of anilines is 1. The predicted molar refractivity (Wildman–Crippen MR) is 111 cm³/mol. The Morgan fingerprint density at radius 1 is 1.21 bits per heavy atom. The third-order valence-electron chi connectivity index (χ3n) is 4.42. The molecular weight excluding hydrogens is 444 g/mol. The number of nitrogens with zero attached hydrogens (tertiary/aromatic N) is 5. The summed E-state index contributed by atoms with van der Waals surface area (Å²) in [6.07, 6.45) is 3.39. The van der Waals surface area contributed by atoms with Gasteiger partial charge in [0.25, 0.3) is 5.91 Å². The van der Waals surface area contributed by atoms with Gasteiger partial charge >= 0.3 is 0 Å². The fourth-order valence-corrected chi connectivity index (χ4v) is 3.64. The maximum Gasteiger partial charge on any atom is 0.277 e. The lowest BCUT2D eigenvalue weighted by Gasteiger charge is -2.07. The summed E-state index contributed by atoms with van der Waals surface area (Å²) in [6.45, 7) is 4.37. The van der Waals surface area contributed by atoms with Gasteiger partial charge in [0.15, 0.2) is 11.3 Å². The summed E-state index contributed by atoms with van der Waals surface area (Å²) in [7, 11) is 0. The number of fused-ring (bicyclic) bond motifs is 1. The highest BCUT2D eigenvalue weighted by molar-refractivity contribution is 9.10. The first-order valence-corrected chi connectivity index (χ1v) is 9.70. The third kappa shape index (κ3) is 3.41. The second-order valence-electron chi connectivity index (χ2n) is 6.33. The van der Waals surface area contributed by atoms with Gasteiger partial charge in [0, 0.05) is 17.4 Å². The summed E-state index contributed by atoms with van der Waals surface area (Å²) in [4.78, 5) is 17.0. The van der Waals surface area contributed by atoms with Gasteiger partial charge in [-0.05, 0) is 53.5 Å². The molecule has 0 aliphatic carbocycles. The van der Waals surface area contributed by atoms with Crippen molar-refractivity contribution in [1.82, 2.24) is 24.4 Å². The van der Waals surface area contributed by atoms with Crippen LogP contribution < -0.4 is 5.32 Å². The first-order valence-electron chi connectivity index (χ1n) is 8.52. The van der Waals surface area contributed by atoms with Gasteiger partial charge in [-0.3, -0.25) is 9.48 Å². The minimum Gasteiger partial charge on any atom is -0.317 e. The van der Waals surface area contributed by atoms with Gasteiger partial charge in [-0.15, -0.1) is 0 Å². The van der Waals surface area contributed by atoms with Gasteiger partial charge < -0.3 is 5.32 Å². The number of carbonyl (C=O) groups excluding carboxylic acids is 1. The fraction of sp³-hybridized carbons (Fsp3) is 0.158. The maximum absolute atomic E-state index is 12.8. The molecule has 0 unspecified atom stereocenters. The van der Waals surface area contributed by atoms with Crippen LogP contribution in [0.5, 0.6) is 0 Å². The van der Waals surface area contributed by atoms with Gasteiger partial charge in [-0.2, -0.15) is 10.2 Å². The molecular formula is C19H16BrClN6O. The molecule has 1 amide bonds. The minimum atomic E-state index is -0.324. The molecule has 142 valence electrons. The monoisotopic (exact) mass is 458 g/mol. The van der Waals surface area contributed by atoms with Crippen molar-refractivity contribution in [3.63, 3.8) is 0 Å². The number of rotatable bonds is 4. The quantitative estimate of drug-likeness (QED) is 0.495. The molecule has 0 aliphatic heterocycles. The largest absolute Gasteiger partial charge is 0.317 e. The van der Waals surface area contributed by atoms with E-state index < -0.39 is 0 Å².